The van der Waals surface area contributed by atoms with Crippen LogP contribution in [0.25, 0.3) is 5.78 Å². The SMILES string of the molecule is Cc1nc2ncnn2c(C)c1CCC(=O)N[C@H](C)c1cc(F)c(Cl)cc1Cl. The number of amides is 1. The Morgan fingerprint density at radius 3 is 2.78 bits per heavy atom. The summed E-state index contributed by atoms with van der Waals surface area (Å²) in [6.45, 7) is 5.54. The largest absolute Gasteiger partial charge is 0.350 e. The summed E-state index contributed by atoms with van der Waals surface area (Å²) in [5.74, 6) is -0.215. The summed E-state index contributed by atoms with van der Waals surface area (Å²) >= 11 is 11.8. The molecular formula is C18H18Cl2FN5O. The number of halogens is 3. The van der Waals surface area contributed by atoms with Crippen LogP contribution in [0.15, 0.2) is 18.5 Å². The molecule has 0 fully saturated rings. The van der Waals surface area contributed by atoms with Gasteiger partial charge in [-0.3, -0.25) is 4.79 Å². The molecule has 0 aliphatic rings. The number of nitrogens with one attached hydrogen (secondary N) is 1. The van der Waals surface area contributed by atoms with E-state index in [9.17, 15) is 9.18 Å². The molecule has 2 aromatic heterocycles. The van der Waals surface area contributed by atoms with Gasteiger partial charge in [-0.15, -0.1) is 0 Å². The molecule has 27 heavy (non-hydrogen) atoms. The van der Waals surface area contributed by atoms with E-state index in [0.717, 1.165) is 17.0 Å². The lowest BCUT2D eigenvalue weighted by atomic mass is 10.1. The lowest BCUT2D eigenvalue weighted by Crippen LogP contribution is -2.27. The minimum Gasteiger partial charge on any atom is -0.350 e. The molecule has 1 aromatic carbocycles. The summed E-state index contributed by atoms with van der Waals surface area (Å²) in [7, 11) is 0. The van der Waals surface area contributed by atoms with Crippen molar-refractivity contribution < 1.29 is 9.18 Å². The first-order valence-electron chi connectivity index (χ1n) is 8.37. The molecule has 0 unspecified atom stereocenters. The third-order valence-corrected chi connectivity index (χ3v) is 5.09. The summed E-state index contributed by atoms with van der Waals surface area (Å²) in [5, 5.41) is 7.23. The third-order valence-electron chi connectivity index (χ3n) is 4.47. The Balaban J connectivity index is 1.69. The van der Waals surface area contributed by atoms with Crippen molar-refractivity contribution in [3.05, 3.63) is 56.8 Å². The lowest BCUT2D eigenvalue weighted by molar-refractivity contribution is -0.121. The number of hydrogen-bond acceptors (Lipinski definition) is 4. The van der Waals surface area contributed by atoms with Crippen molar-refractivity contribution in [3.8, 4) is 0 Å². The summed E-state index contributed by atoms with van der Waals surface area (Å²) in [5.41, 5.74) is 3.15. The quantitative estimate of drug-likeness (QED) is 0.646. The fourth-order valence-corrected chi connectivity index (χ4v) is 3.56. The van der Waals surface area contributed by atoms with E-state index in [-0.39, 0.29) is 17.4 Å². The number of fused-ring (bicyclic) bond motifs is 1. The Morgan fingerprint density at radius 2 is 2.04 bits per heavy atom. The van der Waals surface area contributed by atoms with E-state index in [1.807, 2.05) is 13.8 Å². The summed E-state index contributed by atoms with van der Waals surface area (Å²) in [6.07, 6.45) is 2.20. The fourth-order valence-electron chi connectivity index (χ4n) is 3.02. The van der Waals surface area contributed by atoms with Crippen LogP contribution < -0.4 is 5.32 Å². The molecule has 9 heteroatoms. The zero-order valence-electron chi connectivity index (χ0n) is 15.1. The highest BCUT2D eigenvalue weighted by atomic mass is 35.5. The predicted octanol–water partition coefficient (Wildman–Crippen LogP) is 4.00. The van der Waals surface area contributed by atoms with Crippen LogP contribution in [0.4, 0.5) is 4.39 Å². The van der Waals surface area contributed by atoms with E-state index in [4.69, 9.17) is 23.2 Å². The van der Waals surface area contributed by atoms with Gasteiger partial charge < -0.3 is 5.32 Å². The maximum Gasteiger partial charge on any atom is 0.252 e. The van der Waals surface area contributed by atoms with Gasteiger partial charge in [-0.2, -0.15) is 10.1 Å². The Morgan fingerprint density at radius 1 is 1.30 bits per heavy atom. The van der Waals surface area contributed by atoms with Gasteiger partial charge >= 0.3 is 0 Å². The maximum atomic E-state index is 13.7. The van der Waals surface area contributed by atoms with Crippen molar-refractivity contribution in [1.82, 2.24) is 24.9 Å². The number of aromatic nitrogens is 4. The highest BCUT2D eigenvalue weighted by Gasteiger charge is 2.17. The summed E-state index contributed by atoms with van der Waals surface area (Å²) in [6, 6.07) is 2.13. The summed E-state index contributed by atoms with van der Waals surface area (Å²) < 4.78 is 15.3. The van der Waals surface area contributed by atoms with E-state index in [2.05, 4.69) is 20.4 Å². The highest BCUT2D eigenvalue weighted by molar-refractivity contribution is 6.35. The van der Waals surface area contributed by atoms with Crippen molar-refractivity contribution in [2.75, 3.05) is 0 Å². The molecule has 0 aliphatic heterocycles. The molecule has 1 amide bonds. The van der Waals surface area contributed by atoms with Crippen LogP contribution in [0, 0.1) is 19.7 Å². The van der Waals surface area contributed by atoms with Gasteiger partial charge in [0.15, 0.2) is 0 Å². The van der Waals surface area contributed by atoms with Gasteiger partial charge in [0.25, 0.3) is 5.78 Å². The number of hydrogen-bond donors (Lipinski definition) is 1. The lowest BCUT2D eigenvalue weighted by Gasteiger charge is -2.17. The molecule has 1 atom stereocenters. The molecule has 0 saturated heterocycles. The molecule has 3 rings (SSSR count). The minimum absolute atomic E-state index is 0.0516. The first-order valence-corrected chi connectivity index (χ1v) is 9.13. The Hall–Kier alpha value is -2.25. The van der Waals surface area contributed by atoms with Crippen LogP contribution >= 0.6 is 23.2 Å². The van der Waals surface area contributed by atoms with Gasteiger partial charge in [0.05, 0.1) is 11.1 Å². The van der Waals surface area contributed by atoms with E-state index >= 15 is 0 Å². The average Bonchev–Trinajstić information content (AvgIpc) is 3.06. The minimum atomic E-state index is -0.573. The van der Waals surface area contributed by atoms with Gasteiger partial charge in [-0.1, -0.05) is 23.2 Å². The molecule has 142 valence electrons. The second kappa shape index (κ2) is 7.78. The Bertz CT molecular complexity index is 1020. The van der Waals surface area contributed by atoms with Crippen LogP contribution in [-0.2, 0) is 11.2 Å². The van der Waals surface area contributed by atoms with E-state index in [1.54, 1.807) is 11.4 Å². The molecule has 0 radical (unpaired) electrons. The van der Waals surface area contributed by atoms with Gasteiger partial charge in [0.1, 0.15) is 12.1 Å². The Labute approximate surface area is 165 Å². The molecule has 6 nitrogen and oxygen atoms in total. The van der Waals surface area contributed by atoms with Crippen LogP contribution in [0.2, 0.25) is 10.0 Å². The fraction of sp³-hybridized carbons (Fsp3) is 0.333. The van der Waals surface area contributed by atoms with Crippen LogP contribution in [0.5, 0.6) is 0 Å². The molecule has 3 aromatic rings. The van der Waals surface area contributed by atoms with Crippen molar-refractivity contribution in [1.29, 1.82) is 0 Å². The van der Waals surface area contributed by atoms with E-state index in [0.29, 0.717) is 22.8 Å². The number of aryl methyl sites for hydroxylation is 2. The van der Waals surface area contributed by atoms with Crippen LogP contribution in [0.3, 0.4) is 0 Å². The molecule has 0 saturated carbocycles. The highest BCUT2D eigenvalue weighted by Crippen LogP contribution is 2.28. The topological polar surface area (TPSA) is 72.2 Å². The monoisotopic (exact) mass is 409 g/mol. The molecule has 2 heterocycles. The van der Waals surface area contributed by atoms with Gasteiger partial charge in [-0.25, -0.2) is 13.9 Å². The zero-order chi connectivity index (χ0) is 19.7. The Kier molecular flexibility index (Phi) is 5.62. The second-order valence-electron chi connectivity index (χ2n) is 6.31. The van der Waals surface area contributed by atoms with Gasteiger partial charge in [-0.05, 0) is 50.5 Å². The maximum absolute atomic E-state index is 13.7. The van der Waals surface area contributed by atoms with E-state index < -0.39 is 11.9 Å². The number of nitrogens with zero attached hydrogens (tertiary/aromatic N) is 4. The van der Waals surface area contributed by atoms with Crippen molar-refractivity contribution in [3.63, 3.8) is 0 Å². The molecular weight excluding hydrogens is 392 g/mol. The number of benzene rings is 1. The van der Waals surface area contributed by atoms with Crippen LogP contribution in [-0.4, -0.2) is 25.5 Å². The average molecular weight is 410 g/mol. The van der Waals surface area contributed by atoms with Crippen molar-refractivity contribution in [2.24, 2.45) is 0 Å². The van der Waals surface area contributed by atoms with Crippen molar-refractivity contribution >= 4 is 34.9 Å². The smallest absolute Gasteiger partial charge is 0.252 e. The predicted molar refractivity (Wildman–Crippen MR) is 102 cm³/mol. The van der Waals surface area contributed by atoms with E-state index in [1.165, 1.54) is 18.5 Å². The van der Waals surface area contributed by atoms with Crippen LogP contribution in [0.1, 0.15) is 41.9 Å². The standard InChI is InChI=1S/C18H18Cl2FN5O/c1-9-12(11(3)26-18(25-9)22-8-23-26)4-5-17(27)24-10(2)13-6-16(21)15(20)7-14(13)19/h6-8,10H,4-5H2,1-3H3,(H,24,27)/t10-/m1/s1. The molecule has 1 N–H and O–H groups in total. The van der Waals surface area contributed by atoms with Gasteiger partial charge in [0.2, 0.25) is 5.91 Å². The second-order valence-corrected chi connectivity index (χ2v) is 7.12. The number of rotatable bonds is 5. The third kappa shape index (κ3) is 4.04. The summed E-state index contributed by atoms with van der Waals surface area (Å²) in [4.78, 5) is 20.8. The molecule has 0 spiro atoms. The first kappa shape index (κ1) is 19.5. The molecule has 0 aliphatic carbocycles. The zero-order valence-corrected chi connectivity index (χ0v) is 16.6. The molecule has 0 bridgehead atoms. The first-order chi connectivity index (χ1) is 12.8. The number of carbonyl (C=O) groups is 1. The van der Waals surface area contributed by atoms with Gasteiger partial charge in [0, 0.05) is 22.8 Å². The normalized spacial score (nSPS) is 12.4. The van der Waals surface area contributed by atoms with Crippen molar-refractivity contribution in [2.45, 2.75) is 39.7 Å². The number of carbonyl (C=O) groups excluding carboxylic acids is 1.